The number of aliphatic hydroxyl groups is 1. The monoisotopic (exact) mass is 447 g/mol. The van der Waals surface area contributed by atoms with Crippen molar-refractivity contribution in [2.24, 2.45) is 11.7 Å². The van der Waals surface area contributed by atoms with Crippen molar-refractivity contribution in [2.75, 3.05) is 6.54 Å². The average molecular weight is 448 g/mol. The SMILES string of the molecule is CC(C)[C@H](NC(=O)[C@@H](N)c1ccccc1)[C@@H](O)C(F)(F)C(=O)NCC(F)(F)F.Cl. The second-order valence-electron chi connectivity index (χ2n) is 6.53. The van der Waals surface area contributed by atoms with Crippen LogP contribution in [0.4, 0.5) is 22.0 Å². The smallest absolute Gasteiger partial charge is 0.384 e. The maximum absolute atomic E-state index is 14.2. The van der Waals surface area contributed by atoms with Gasteiger partial charge in [0.25, 0.3) is 5.91 Å². The van der Waals surface area contributed by atoms with E-state index in [1.165, 1.54) is 26.0 Å². The van der Waals surface area contributed by atoms with Crippen LogP contribution in [0.1, 0.15) is 25.5 Å². The number of benzene rings is 1. The van der Waals surface area contributed by atoms with Crippen LogP contribution >= 0.6 is 12.4 Å². The molecule has 1 aromatic carbocycles. The van der Waals surface area contributed by atoms with Crippen molar-refractivity contribution in [1.29, 1.82) is 0 Å². The number of nitrogens with two attached hydrogens (primary N) is 1. The molecule has 0 aliphatic rings. The van der Waals surface area contributed by atoms with Crippen LogP contribution in [0.2, 0.25) is 0 Å². The second-order valence-corrected chi connectivity index (χ2v) is 6.53. The Bertz CT molecular complexity index is 674. The number of alkyl halides is 5. The van der Waals surface area contributed by atoms with E-state index in [1.54, 1.807) is 18.2 Å². The van der Waals surface area contributed by atoms with Crippen LogP contribution in [0.25, 0.3) is 0 Å². The minimum atomic E-state index is -4.90. The summed E-state index contributed by atoms with van der Waals surface area (Å²) < 4.78 is 64.7. The number of carbonyl (C=O) groups excluding carboxylic acids is 2. The van der Waals surface area contributed by atoms with Gasteiger partial charge in [-0.25, -0.2) is 0 Å². The zero-order chi connectivity index (χ0) is 21.7. The largest absolute Gasteiger partial charge is 0.405 e. The topological polar surface area (TPSA) is 104 Å². The molecule has 0 radical (unpaired) electrons. The molecule has 0 aliphatic carbocycles. The van der Waals surface area contributed by atoms with Crippen molar-refractivity contribution < 1.29 is 36.6 Å². The summed E-state index contributed by atoms with van der Waals surface area (Å²) in [6, 6.07) is 5.08. The van der Waals surface area contributed by atoms with E-state index in [0.29, 0.717) is 5.56 Å². The summed E-state index contributed by atoms with van der Waals surface area (Å²) in [4.78, 5) is 23.7. The van der Waals surface area contributed by atoms with Crippen molar-refractivity contribution in [1.82, 2.24) is 10.6 Å². The van der Waals surface area contributed by atoms with E-state index in [9.17, 15) is 36.6 Å². The summed E-state index contributed by atoms with van der Waals surface area (Å²) in [5.41, 5.74) is 6.15. The lowest BCUT2D eigenvalue weighted by Gasteiger charge is -2.32. The lowest BCUT2D eigenvalue weighted by molar-refractivity contribution is -0.174. The van der Waals surface area contributed by atoms with E-state index in [-0.39, 0.29) is 12.4 Å². The summed E-state index contributed by atoms with van der Waals surface area (Å²) in [6.07, 6.45) is -7.67. The fourth-order valence-electron chi connectivity index (χ4n) is 2.33. The van der Waals surface area contributed by atoms with E-state index in [1.807, 2.05) is 0 Å². The maximum atomic E-state index is 14.2. The average Bonchev–Trinajstić information content (AvgIpc) is 2.62. The number of carbonyl (C=O) groups is 2. The lowest BCUT2D eigenvalue weighted by atomic mass is 9.93. The number of hydrogen-bond donors (Lipinski definition) is 4. The highest BCUT2D eigenvalue weighted by Crippen LogP contribution is 2.26. The lowest BCUT2D eigenvalue weighted by Crippen LogP contribution is -2.60. The van der Waals surface area contributed by atoms with Gasteiger partial charge in [-0.2, -0.15) is 22.0 Å². The number of hydrogen-bond acceptors (Lipinski definition) is 4. The molecule has 0 saturated heterocycles. The van der Waals surface area contributed by atoms with E-state index in [0.717, 1.165) is 5.32 Å². The molecule has 0 unspecified atom stereocenters. The van der Waals surface area contributed by atoms with Crippen LogP contribution in [0.15, 0.2) is 30.3 Å². The Labute approximate surface area is 170 Å². The minimum Gasteiger partial charge on any atom is -0.384 e. The van der Waals surface area contributed by atoms with Gasteiger partial charge in [0.05, 0.1) is 6.04 Å². The molecule has 0 bridgehead atoms. The fraction of sp³-hybridized carbons (Fsp3) is 0.529. The second kappa shape index (κ2) is 10.7. The highest BCUT2D eigenvalue weighted by atomic mass is 35.5. The molecule has 1 rings (SSSR count). The van der Waals surface area contributed by atoms with Gasteiger partial charge in [-0.15, -0.1) is 12.4 Å². The predicted octanol–water partition coefficient (Wildman–Crippen LogP) is 1.92. The van der Waals surface area contributed by atoms with Gasteiger partial charge in [0.15, 0.2) is 0 Å². The van der Waals surface area contributed by atoms with Crippen molar-refractivity contribution >= 4 is 24.2 Å². The van der Waals surface area contributed by atoms with Gasteiger partial charge in [0.1, 0.15) is 18.7 Å². The highest BCUT2D eigenvalue weighted by Gasteiger charge is 2.51. The van der Waals surface area contributed by atoms with Crippen LogP contribution in [0, 0.1) is 5.92 Å². The molecule has 12 heteroatoms. The molecule has 6 nitrogen and oxygen atoms in total. The molecule has 3 atom stereocenters. The van der Waals surface area contributed by atoms with Gasteiger partial charge < -0.3 is 21.5 Å². The summed E-state index contributed by atoms with van der Waals surface area (Å²) in [5.74, 6) is -8.56. The summed E-state index contributed by atoms with van der Waals surface area (Å²) in [6.45, 7) is 0.781. The molecule has 5 N–H and O–H groups in total. The first-order chi connectivity index (χ1) is 12.8. The van der Waals surface area contributed by atoms with Crippen LogP contribution in [-0.2, 0) is 9.59 Å². The number of aliphatic hydroxyl groups excluding tert-OH is 1. The Balaban J connectivity index is 0.00000784. The molecule has 29 heavy (non-hydrogen) atoms. The van der Waals surface area contributed by atoms with E-state index in [4.69, 9.17) is 5.73 Å². The molecular weight excluding hydrogens is 425 g/mol. The fourth-order valence-corrected chi connectivity index (χ4v) is 2.33. The Hall–Kier alpha value is -1.98. The van der Waals surface area contributed by atoms with Gasteiger partial charge >= 0.3 is 12.1 Å². The predicted molar refractivity (Wildman–Crippen MR) is 97.4 cm³/mol. The normalized spacial score (nSPS) is 15.1. The zero-order valence-electron chi connectivity index (χ0n) is 15.5. The number of amides is 2. The van der Waals surface area contributed by atoms with E-state index < -0.39 is 54.6 Å². The first kappa shape index (κ1) is 27.0. The Kier molecular flexibility index (Phi) is 9.97. The molecule has 0 aromatic heterocycles. The van der Waals surface area contributed by atoms with Crippen molar-refractivity contribution in [3.8, 4) is 0 Å². The summed E-state index contributed by atoms with van der Waals surface area (Å²) in [7, 11) is 0. The molecule has 1 aromatic rings. The van der Waals surface area contributed by atoms with E-state index in [2.05, 4.69) is 5.32 Å². The molecule has 0 saturated carbocycles. The highest BCUT2D eigenvalue weighted by molar-refractivity contribution is 5.86. The van der Waals surface area contributed by atoms with Gasteiger partial charge in [-0.05, 0) is 11.5 Å². The van der Waals surface area contributed by atoms with Crippen LogP contribution < -0.4 is 16.4 Å². The van der Waals surface area contributed by atoms with Crippen LogP contribution in [0.3, 0.4) is 0 Å². The van der Waals surface area contributed by atoms with Crippen LogP contribution in [-0.4, -0.2) is 47.7 Å². The van der Waals surface area contributed by atoms with Gasteiger partial charge in [0.2, 0.25) is 5.91 Å². The first-order valence-electron chi connectivity index (χ1n) is 8.29. The molecular formula is C17H23ClF5N3O3. The number of halogens is 6. The molecule has 0 heterocycles. The Morgan fingerprint density at radius 1 is 1.10 bits per heavy atom. The number of nitrogens with one attached hydrogen (secondary N) is 2. The van der Waals surface area contributed by atoms with E-state index >= 15 is 0 Å². The zero-order valence-corrected chi connectivity index (χ0v) is 16.4. The Morgan fingerprint density at radius 2 is 1.62 bits per heavy atom. The van der Waals surface area contributed by atoms with Gasteiger partial charge in [0, 0.05) is 0 Å². The first-order valence-corrected chi connectivity index (χ1v) is 8.29. The molecule has 2 amide bonds. The van der Waals surface area contributed by atoms with Crippen molar-refractivity contribution in [3.63, 3.8) is 0 Å². The third-order valence-corrected chi connectivity index (χ3v) is 3.93. The standard InChI is InChI=1S/C17H22F5N3O3.ClH/c1-9(2)12(25-14(27)11(23)10-6-4-3-5-7-10)13(26)17(21,22)15(28)24-8-16(18,19)20;/h3-7,9,11-13,26H,8,23H2,1-2H3,(H,24,28)(H,25,27);1H/t11-,12-,13+;/m0./s1. The third-order valence-electron chi connectivity index (χ3n) is 3.93. The summed E-state index contributed by atoms with van der Waals surface area (Å²) >= 11 is 0. The van der Waals surface area contributed by atoms with Crippen molar-refractivity contribution in [2.45, 2.75) is 44.1 Å². The quantitative estimate of drug-likeness (QED) is 0.457. The van der Waals surface area contributed by atoms with Crippen molar-refractivity contribution in [3.05, 3.63) is 35.9 Å². The maximum Gasteiger partial charge on any atom is 0.405 e. The molecule has 0 aliphatic heterocycles. The van der Waals surface area contributed by atoms with Crippen LogP contribution in [0.5, 0.6) is 0 Å². The third kappa shape index (κ3) is 7.75. The summed E-state index contributed by atoms with van der Waals surface area (Å²) in [5, 5.41) is 13.1. The molecule has 0 fully saturated rings. The van der Waals surface area contributed by atoms with Gasteiger partial charge in [-0.3, -0.25) is 9.59 Å². The van der Waals surface area contributed by atoms with Gasteiger partial charge in [-0.1, -0.05) is 44.2 Å². The molecule has 166 valence electrons. The Morgan fingerprint density at radius 3 is 2.07 bits per heavy atom. The number of rotatable bonds is 8. The molecule has 0 spiro atoms. The minimum absolute atomic E-state index is 0.